The molecule has 7 nitrogen and oxygen atoms in total. The van der Waals surface area contributed by atoms with Crippen LogP contribution in [0.2, 0.25) is 0 Å². The summed E-state index contributed by atoms with van der Waals surface area (Å²) in [5.41, 5.74) is -0.142. The molecule has 3 aromatic rings. The molecule has 0 spiro atoms. The largest absolute Gasteiger partial charge is 0.490 e. The van der Waals surface area contributed by atoms with Gasteiger partial charge in [0.15, 0.2) is 17.3 Å². The highest BCUT2D eigenvalue weighted by molar-refractivity contribution is 7.06. The van der Waals surface area contributed by atoms with Crippen molar-refractivity contribution in [1.82, 2.24) is 19.2 Å². The molecule has 1 aromatic carbocycles. The van der Waals surface area contributed by atoms with E-state index < -0.39 is 36.3 Å². The maximum atomic E-state index is 14.3. The average molecular weight is 578 g/mol. The predicted molar refractivity (Wildman–Crippen MR) is 127 cm³/mol. The van der Waals surface area contributed by atoms with Gasteiger partial charge in [-0.25, -0.2) is 9.37 Å². The van der Waals surface area contributed by atoms with Gasteiger partial charge in [-0.15, -0.1) is 0 Å². The number of benzene rings is 1. The zero-order valence-corrected chi connectivity index (χ0v) is 21.2. The monoisotopic (exact) mass is 577 g/mol. The van der Waals surface area contributed by atoms with Gasteiger partial charge >= 0.3 is 12.4 Å². The average Bonchev–Trinajstić information content (AvgIpc) is 3.43. The van der Waals surface area contributed by atoms with Gasteiger partial charge in [0.25, 0.3) is 5.91 Å². The molecule has 1 aliphatic heterocycles. The van der Waals surface area contributed by atoms with Crippen LogP contribution in [0, 0.1) is 18.7 Å². The standard InChI is InChI=1S/C24H22F7N5O2S/c1-13-21(19(39-35-13)7-16-8-33-20(9-32-16)24(29,30)31)22(37)34-15-2-3-17(25)18(6-15)38-11-14-4-5-36(10-14)12-23(26,27)28/h2-3,6,8-9,14H,4-5,7,10-12H2,1H3,(H,34,37). The lowest BCUT2D eigenvalue weighted by Crippen LogP contribution is -2.32. The SMILES string of the molecule is Cc1nsc(Cc2cnc(C(F)(F)F)cn2)c1C(=O)Nc1ccc(F)c(OCC2CCN(CC(F)(F)F)C2)c1. The minimum atomic E-state index is -4.63. The summed E-state index contributed by atoms with van der Waals surface area (Å²) in [5, 5.41) is 2.63. The van der Waals surface area contributed by atoms with Crippen molar-refractivity contribution in [1.29, 1.82) is 0 Å². The smallest absolute Gasteiger partial charge is 0.434 e. The van der Waals surface area contributed by atoms with Crippen LogP contribution in [-0.4, -0.2) is 57.6 Å². The van der Waals surface area contributed by atoms with E-state index in [0.717, 1.165) is 23.8 Å². The Balaban J connectivity index is 1.40. The molecule has 39 heavy (non-hydrogen) atoms. The van der Waals surface area contributed by atoms with Crippen molar-refractivity contribution in [2.75, 3.05) is 31.6 Å². The summed E-state index contributed by atoms with van der Waals surface area (Å²) in [6.07, 6.45) is -6.83. The van der Waals surface area contributed by atoms with E-state index in [0.29, 0.717) is 23.2 Å². The van der Waals surface area contributed by atoms with E-state index in [1.54, 1.807) is 6.92 Å². The maximum Gasteiger partial charge on any atom is 0.434 e. The molecule has 1 amide bonds. The lowest BCUT2D eigenvalue weighted by molar-refractivity contribution is -0.144. The zero-order valence-electron chi connectivity index (χ0n) is 20.4. The minimum absolute atomic E-state index is 0.00848. The molecule has 1 atom stereocenters. The van der Waals surface area contributed by atoms with Crippen LogP contribution in [0.3, 0.4) is 0 Å². The number of carbonyl (C=O) groups is 1. The van der Waals surface area contributed by atoms with E-state index in [9.17, 15) is 35.5 Å². The normalized spacial score (nSPS) is 16.5. The first-order valence-corrected chi connectivity index (χ1v) is 12.4. The van der Waals surface area contributed by atoms with Crippen molar-refractivity contribution in [3.8, 4) is 5.75 Å². The second kappa shape index (κ2) is 11.4. The molecule has 3 heterocycles. The van der Waals surface area contributed by atoms with Crippen molar-refractivity contribution in [3.63, 3.8) is 0 Å². The number of amides is 1. The first kappa shape index (κ1) is 28.7. The van der Waals surface area contributed by atoms with Crippen LogP contribution in [0.25, 0.3) is 0 Å². The van der Waals surface area contributed by atoms with Gasteiger partial charge in [-0.2, -0.15) is 30.7 Å². The maximum absolute atomic E-state index is 14.3. The Morgan fingerprint density at radius 1 is 1.18 bits per heavy atom. The number of alkyl halides is 6. The van der Waals surface area contributed by atoms with Gasteiger partial charge in [0.1, 0.15) is 0 Å². The number of hydrogen-bond acceptors (Lipinski definition) is 7. The van der Waals surface area contributed by atoms with E-state index in [1.807, 2.05) is 0 Å². The van der Waals surface area contributed by atoms with E-state index in [4.69, 9.17) is 4.74 Å². The molecule has 1 fully saturated rings. The Morgan fingerprint density at radius 2 is 1.95 bits per heavy atom. The lowest BCUT2D eigenvalue weighted by atomic mass is 10.1. The van der Waals surface area contributed by atoms with Crippen LogP contribution >= 0.6 is 11.5 Å². The molecule has 0 radical (unpaired) electrons. The number of aromatic nitrogens is 3. The van der Waals surface area contributed by atoms with E-state index in [-0.39, 0.29) is 54.7 Å². The van der Waals surface area contributed by atoms with E-state index in [1.165, 1.54) is 17.0 Å². The molecular formula is C24H22F7N5O2S. The van der Waals surface area contributed by atoms with Gasteiger partial charge in [0.05, 0.1) is 36.3 Å². The number of aryl methyl sites for hydroxylation is 1. The van der Waals surface area contributed by atoms with Crippen molar-refractivity contribution in [3.05, 3.63) is 63.9 Å². The van der Waals surface area contributed by atoms with E-state index in [2.05, 4.69) is 19.7 Å². The van der Waals surface area contributed by atoms with Crippen LogP contribution < -0.4 is 10.1 Å². The molecule has 4 rings (SSSR count). The Kier molecular flexibility index (Phi) is 8.39. The van der Waals surface area contributed by atoms with Crippen molar-refractivity contribution < 1.29 is 40.3 Å². The minimum Gasteiger partial charge on any atom is -0.490 e. The third kappa shape index (κ3) is 7.62. The molecule has 2 aromatic heterocycles. The summed E-state index contributed by atoms with van der Waals surface area (Å²) in [5.74, 6) is -1.65. The highest BCUT2D eigenvalue weighted by Gasteiger charge is 2.35. The van der Waals surface area contributed by atoms with Crippen molar-refractivity contribution >= 4 is 23.1 Å². The summed E-state index contributed by atoms with van der Waals surface area (Å²) in [4.78, 5) is 21.9. The molecule has 0 saturated carbocycles. The van der Waals surface area contributed by atoms with Crippen molar-refractivity contribution in [2.24, 2.45) is 5.92 Å². The molecule has 1 saturated heterocycles. The second-order valence-electron chi connectivity index (χ2n) is 9.05. The van der Waals surface area contributed by atoms with Crippen LogP contribution in [0.5, 0.6) is 5.75 Å². The molecule has 1 unspecified atom stereocenters. The van der Waals surface area contributed by atoms with Gasteiger partial charge in [-0.3, -0.25) is 14.7 Å². The highest BCUT2D eigenvalue weighted by atomic mass is 32.1. The lowest BCUT2D eigenvalue weighted by Gasteiger charge is -2.18. The summed E-state index contributed by atoms with van der Waals surface area (Å²) >= 11 is 0.991. The molecule has 1 N–H and O–H groups in total. The third-order valence-corrected chi connectivity index (χ3v) is 6.87. The molecule has 0 aliphatic carbocycles. The van der Waals surface area contributed by atoms with Crippen molar-refractivity contribution in [2.45, 2.75) is 32.1 Å². The molecule has 0 bridgehead atoms. The van der Waals surface area contributed by atoms with Crippen LogP contribution in [0.1, 0.15) is 38.7 Å². The van der Waals surface area contributed by atoms with Gasteiger partial charge in [0, 0.05) is 41.7 Å². The molecular weight excluding hydrogens is 555 g/mol. The second-order valence-corrected chi connectivity index (χ2v) is 9.91. The highest BCUT2D eigenvalue weighted by Crippen LogP contribution is 2.29. The van der Waals surface area contributed by atoms with Gasteiger partial charge in [-0.05, 0) is 43.6 Å². The van der Waals surface area contributed by atoms with Gasteiger partial charge in [0.2, 0.25) is 0 Å². The van der Waals surface area contributed by atoms with E-state index >= 15 is 0 Å². The van der Waals surface area contributed by atoms with Crippen LogP contribution in [0.4, 0.5) is 36.4 Å². The number of nitrogens with one attached hydrogen (secondary N) is 1. The van der Waals surface area contributed by atoms with Crippen LogP contribution in [0.15, 0.2) is 30.6 Å². The number of nitrogens with zero attached hydrogens (tertiary/aromatic N) is 4. The van der Waals surface area contributed by atoms with Gasteiger partial charge < -0.3 is 10.1 Å². The molecule has 15 heteroatoms. The Bertz CT molecular complexity index is 1310. The number of carbonyl (C=O) groups excluding carboxylic acids is 1. The summed E-state index contributed by atoms with van der Waals surface area (Å²) in [6.45, 7) is 1.03. The van der Waals surface area contributed by atoms with Crippen LogP contribution in [-0.2, 0) is 12.6 Å². The first-order chi connectivity index (χ1) is 18.3. The summed E-state index contributed by atoms with van der Waals surface area (Å²) in [6, 6.07) is 3.68. The predicted octanol–water partition coefficient (Wildman–Crippen LogP) is 5.51. The van der Waals surface area contributed by atoms with Gasteiger partial charge in [-0.1, -0.05) is 0 Å². The summed E-state index contributed by atoms with van der Waals surface area (Å²) < 4.78 is 100. The number of halogens is 7. The quantitative estimate of drug-likeness (QED) is 0.356. The first-order valence-electron chi connectivity index (χ1n) is 11.6. The number of ether oxygens (including phenoxy) is 1. The number of hydrogen-bond donors (Lipinski definition) is 1. The fourth-order valence-corrected chi connectivity index (χ4v) is 5.01. The fourth-order valence-electron chi connectivity index (χ4n) is 4.12. The topological polar surface area (TPSA) is 80.2 Å². The summed E-state index contributed by atoms with van der Waals surface area (Å²) in [7, 11) is 0. The Hall–Kier alpha value is -3.33. The molecule has 210 valence electrons. The Morgan fingerprint density at radius 3 is 2.62 bits per heavy atom. The zero-order chi connectivity index (χ0) is 28.4. The number of anilines is 1. The fraction of sp³-hybridized carbons (Fsp3) is 0.417. The number of rotatable bonds is 8. The third-order valence-electron chi connectivity index (χ3n) is 5.93. The molecule has 1 aliphatic rings. The number of likely N-dealkylation sites (tertiary alicyclic amines) is 1. The Labute approximate surface area is 222 Å².